The molecule has 0 aliphatic carbocycles. The normalized spacial score (nSPS) is 15.2. The van der Waals surface area contributed by atoms with Crippen LogP contribution in [0.3, 0.4) is 0 Å². The summed E-state index contributed by atoms with van der Waals surface area (Å²) in [7, 11) is 1.93. The highest BCUT2D eigenvalue weighted by Crippen LogP contribution is 2.18. The Morgan fingerprint density at radius 3 is 2.68 bits per heavy atom. The Morgan fingerprint density at radius 2 is 2.05 bits per heavy atom. The number of hydrogen-bond donors (Lipinski definition) is 1. The van der Waals surface area contributed by atoms with Crippen LogP contribution in [-0.2, 0) is 16.1 Å². The van der Waals surface area contributed by atoms with Gasteiger partial charge in [0.05, 0.1) is 6.42 Å². The maximum atomic E-state index is 10.7. The molecule has 1 saturated heterocycles. The van der Waals surface area contributed by atoms with Crippen molar-refractivity contribution < 1.29 is 14.7 Å². The van der Waals surface area contributed by atoms with Crippen LogP contribution < -0.4 is 4.90 Å². The number of piperazine rings is 1. The molecule has 6 heteroatoms. The summed E-state index contributed by atoms with van der Waals surface area (Å²) in [5.41, 5.74) is 2.33. The number of carboxylic acids is 1. The van der Waals surface area contributed by atoms with Gasteiger partial charge in [-0.3, -0.25) is 9.59 Å². The van der Waals surface area contributed by atoms with Crippen LogP contribution in [0.2, 0.25) is 0 Å². The van der Waals surface area contributed by atoms with Crippen LogP contribution in [0, 0.1) is 0 Å². The van der Waals surface area contributed by atoms with Crippen LogP contribution in [0.25, 0.3) is 0 Å². The van der Waals surface area contributed by atoms with E-state index in [9.17, 15) is 9.59 Å². The minimum absolute atomic E-state index is 0.157. The number of carbonyl (C=O) groups is 2. The lowest BCUT2D eigenvalue weighted by Gasteiger charge is -2.34. The Balaban J connectivity index is 1.92. The lowest BCUT2D eigenvalue weighted by atomic mass is 10.1. The molecular formula is C16H23N3O3. The maximum absolute atomic E-state index is 10.7. The Hall–Kier alpha value is -2.08. The zero-order valence-electron chi connectivity index (χ0n) is 12.9. The maximum Gasteiger partial charge on any atom is 0.304 e. The van der Waals surface area contributed by atoms with Gasteiger partial charge in [0.1, 0.15) is 0 Å². The zero-order chi connectivity index (χ0) is 15.9. The number of aliphatic carboxylic acids is 1. The van der Waals surface area contributed by atoms with E-state index in [0.29, 0.717) is 6.54 Å². The smallest absolute Gasteiger partial charge is 0.304 e. The SMILES string of the molecule is CN(CCC(=O)O)Cc1cccc(N2CCN(C=O)CC2)c1. The van der Waals surface area contributed by atoms with Crippen molar-refractivity contribution in [2.24, 2.45) is 0 Å². The number of anilines is 1. The van der Waals surface area contributed by atoms with Crippen LogP contribution in [-0.4, -0.2) is 67.1 Å². The molecule has 0 bridgehead atoms. The second kappa shape index (κ2) is 7.79. The van der Waals surface area contributed by atoms with Gasteiger partial charge in [-0.25, -0.2) is 0 Å². The minimum atomic E-state index is -0.770. The largest absolute Gasteiger partial charge is 0.481 e. The summed E-state index contributed by atoms with van der Waals surface area (Å²) in [6.45, 7) is 4.47. The van der Waals surface area contributed by atoms with Gasteiger partial charge < -0.3 is 19.8 Å². The molecule has 1 heterocycles. The van der Waals surface area contributed by atoms with Crippen LogP contribution in [0.15, 0.2) is 24.3 Å². The van der Waals surface area contributed by atoms with Crippen LogP contribution in [0.1, 0.15) is 12.0 Å². The molecule has 6 nitrogen and oxygen atoms in total. The van der Waals surface area contributed by atoms with E-state index in [0.717, 1.165) is 44.8 Å². The summed E-state index contributed by atoms with van der Waals surface area (Å²) in [6.07, 6.45) is 1.06. The number of hydrogen-bond acceptors (Lipinski definition) is 4. The average Bonchev–Trinajstić information content (AvgIpc) is 2.53. The van der Waals surface area contributed by atoms with Crippen LogP contribution in [0.4, 0.5) is 5.69 Å². The third kappa shape index (κ3) is 4.73. The molecule has 1 aliphatic heterocycles. The van der Waals surface area contributed by atoms with E-state index in [4.69, 9.17) is 5.11 Å². The number of amides is 1. The second-order valence-corrected chi connectivity index (χ2v) is 5.68. The fourth-order valence-corrected chi connectivity index (χ4v) is 2.61. The summed E-state index contributed by atoms with van der Waals surface area (Å²) < 4.78 is 0. The monoisotopic (exact) mass is 305 g/mol. The number of rotatable bonds is 7. The van der Waals surface area contributed by atoms with Crippen molar-refractivity contribution in [2.75, 3.05) is 44.7 Å². The van der Waals surface area contributed by atoms with Gasteiger partial charge in [0.15, 0.2) is 0 Å². The van der Waals surface area contributed by atoms with Gasteiger partial charge >= 0.3 is 5.97 Å². The summed E-state index contributed by atoms with van der Waals surface area (Å²) in [5.74, 6) is -0.770. The predicted octanol–water partition coefficient (Wildman–Crippen LogP) is 0.871. The Kier molecular flexibility index (Phi) is 5.77. The Morgan fingerprint density at radius 1 is 1.32 bits per heavy atom. The van der Waals surface area contributed by atoms with Gasteiger partial charge in [-0.05, 0) is 24.7 Å². The molecule has 0 aromatic heterocycles. The van der Waals surface area contributed by atoms with Gasteiger partial charge in [-0.2, -0.15) is 0 Å². The summed E-state index contributed by atoms with van der Waals surface area (Å²) >= 11 is 0. The van der Waals surface area contributed by atoms with Crippen molar-refractivity contribution in [3.63, 3.8) is 0 Å². The fraction of sp³-hybridized carbons (Fsp3) is 0.500. The summed E-state index contributed by atoms with van der Waals surface area (Å²) in [5, 5.41) is 8.72. The average molecular weight is 305 g/mol. The van der Waals surface area contributed by atoms with E-state index in [1.54, 1.807) is 4.90 Å². The van der Waals surface area contributed by atoms with Crippen molar-refractivity contribution in [3.05, 3.63) is 29.8 Å². The molecule has 22 heavy (non-hydrogen) atoms. The van der Waals surface area contributed by atoms with E-state index < -0.39 is 5.97 Å². The molecule has 0 unspecified atom stereocenters. The van der Waals surface area contributed by atoms with Gasteiger partial charge in [-0.15, -0.1) is 0 Å². The Bertz CT molecular complexity index is 513. The summed E-state index contributed by atoms with van der Waals surface area (Å²) in [4.78, 5) is 27.4. The quantitative estimate of drug-likeness (QED) is 0.757. The van der Waals surface area contributed by atoms with E-state index in [1.807, 2.05) is 18.0 Å². The van der Waals surface area contributed by atoms with E-state index >= 15 is 0 Å². The molecule has 1 aromatic rings. The van der Waals surface area contributed by atoms with Crippen molar-refractivity contribution >= 4 is 18.1 Å². The molecule has 0 atom stereocenters. The first-order valence-corrected chi connectivity index (χ1v) is 7.52. The Labute approximate surface area is 130 Å². The lowest BCUT2D eigenvalue weighted by Crippen LogP contribution is -2.45. The number of carboxylic acid groups (broad SMARTS) is 1. The zero-order valence-corrected chi connectivity index (χ0v) is 12.9. The molecule has 1 aromatic carbocycles. The van der Waals surface area contributed by atoms with Crippen LogP contribution in [0.5, 0.6) is 0 Å². The van der Waals surface area contributed by atoms with E-state index in [1.165, 1.54) is 5.56 Å². The standard InChI is InChI=1S/C16H23N3O3/c1-17(6-5-16(21)22)12-14-3-2-4-15(11-14)19-9-7-18(13-20)8-10-19/h2-4,11,13H,5-10,12H2,1H3,(H,21,22). The first-order chi connectivity index (χ1) is 10.6. The molecule has 1 fully saturated rings. The molecule has 1 amide bonds. The molecular weight excluding hydrogens is 282 g/mol. The van der Waals surface area contributed by atoms with Crippen molar-refractivity contribution in [3.8, 4) is 0 Å². The van der Waals surface area contributed by atoms with Crippen molar-refractivity contribution in [1.82, 2.24) is 9.80 Å². The number of nitrogens with zero attached hydrogens (tertiary/aromatic N) is 3. The van der Waals surface area contributed by atoms with Gasteiger partial charge in [0.25, 0.3) is 0 Å². The highest BCUT2D eigenvalue weighted by Gasteiger charge is 2.16. The predicted molar refractivity (Wildman–Crippen MR) is 84.9 cm³/mol. The third-order valence-corrected chi connectivity index (χ3v) is 3.90. The molecule has 1 N–H and O–H groups in total. The molecule has 0 spiro atoms. The number of carbonyl (C=O) groups excluding carboxylic acids is 1. The molecule has 120 valence electrons. The van der Waals surface area contributed by atoms with Crippen LogP contribution >= 0.6 is 0 Å². The lowest BCUT2D eigenvalue weighted by molar-refractivity contribution is -0.137. The van der Waals surface area contributed by atoms with Gasteiger partial charge in [-0.1, -0.05) is 12.1 Å². The first-order valence-electron chi connectivity index (χ1n) is 7.52. The third-order valence-electron chi connectivity index (χ3n) is 3.90. The van der Waals surface area contributed by atoms with Gasteiger partial charge in [0.2, 0.25) is 6.41 Å². The summed E-state index contributed by atoms with van der Waals surface area (Å²) in [6, 6.07) is 8.31. The molecule has 0 radical (unpaired) electrons. The molecule has 0 saturated carbocycles. The first kappa shape index (κ1) is 16.3. The number of benzene rings is 1. The molecule has 1 aliphatic rings. The van der Waals surface area contributed by atoms with E-state index in [2.05, 4.69) is 23.1 Å². The highest BCUT2D eigenvalue weighted by molar-refractivity contribution is 5.66. The van der Waals surface area contributed by atoms with Crippen molar-refractivity contribution in [2.45, 2.75) is 13.0 Å². The molecule has 2 rings (SSSR count). The van der Waals surface area contributed by atoms with E-state index in [-0.39, 0.29) is 6.42 Å². The topological polar surface area (TPSA) is 64.1 Å². The fourth-order valence-electron chi connectivity index (χ4n) is 2.61. The minimum Gasteiger partial charge on any atom is -0.481 e. The second-order valence-electron chi connectivity index (χ2n) is 5.68. The highest BCUT2D eigenvalue weighted by atomic mass is 16.4. The van der Waals surface area contributed by atoms with Gasteiger partial charge in [0, 0.05) is 45.0 Å². The van der Waals surface area contributed by atoms with Crippen molar-refractivity contribution in [1.29, 1.82) is 0 Å².